The van der Waals surface area contributed by atoms with Crippen LogP contribution in [0.3, 0.4) is 0 Å². The molecule has 9 heteroatoms. The smallest absolute Gasteiger partial charge is 0.243 e. The molecule has 29 heavy (non-hydrogen) atoms. The van der Waals surface area contributed by atoms with E-state index in [0.717, 1.165) is 12.0 Å². The maximum Gasteiger partial charge on any atom is 0.243 e. The van der Waals surface area contributed by atoms with Gasteiger partial charge in [-0.25, -0.2) is 4.99 Å². The van der Waals surface area contributed by atoms with Gasteiger partial charge in [-0.3, -0.25) is 19.3 Å². The van der Waals surface area contributed by atoms with Gasteiger partial charge in [0.1, 0.15) is 6.54 Å². The number of hydrogen-bond acceptors (Lipinski definition) is 4. The van der Waals surface area contributed by atoms with Crippen molar-refractivity contribution >= 4 is 47.7 Å². The van der Waals surface area contributed by atoms with Crippen molar-refractivity contribution in [2.45, 2.75) is 13.3 Å². The molecule has 0 radical (unpaired) electrons. The lowest BCUT2D eigenvalue weighted by atomic mass is 9.85. The lowest BCUT2D eigenvalue weighted by Crippen LogP contribution is -2.44. The molecular weight excluding hydrogens is 485 g/mol. The molecule has 4 unspecified atom stereocenters. The van der Waals surface area contributed by atoms with Crippen LogP contribution in [0.15, 0.2) is 29.3 Å². The average molecular weight is 515 g/mol. The predicted molar refractivity (Wildman–Crippen MR) is 122 cm³/mol. The Bertz CT molecular complexity index is 718. The van der Waals surface area contributed by atoms with Crippen LogP contribution in [-0.2, 0) is 14.4 Å². The Labute approximate surface area is 188 Å². The quantitative estimate of drug-likeness (QED) is 0.171. The molecule has 1 heterocycles. The Hall–Kier alpha value is -1.91. The molecular formula is C20H30IN5O3. The molecule has 160 valence electrons. The summed E-state index contributed by atoms with van der Waals surface area (Å²) in [5, 5.41) is 6.20. The fraction of sp³-hybridized carbons (Fsp3) is 0.600. The number of carbonyl (C=O) groups excluding carboxylic acids is 3. The molecule has 0 aromatic heterocycles. The van der Waals surface area contributed by atoms with Gasteiger partial charge in [0.25, 0.3) is 0 Å². The Kier molecular flexibility index (Phi) is 7.84. The van der Waals surface area contributed by atoms with Gasteiger partial charge in [0.2, 0.25) is 17.7 Å². The van der Waals surface area contributed by atoms with Gasteiger partial charge in [-0.2, -0.15) is 0 Å². The second-order valence-electron chi connectivity index (χ2n) is 8.02. The molecule has 8 nitrogen and oxygen atoms in total. The second-order valence-corrected chi connectivity index (χ2v) is 8.02. The summed E-state index contributed by atoms with van der Waals surface area (Å²) in [7, 11) is 3.35. The zero-order chi connectivity index (χ0) is 20.4. The van der Waals surface area contributed by atoms with Gasteiger partial charge < -0.3 is 15.5 Å². The zero-order valence-corrected chi connectivity index (χ0v) is 19.5. The highest BCUT2D eigenvalue weighted by molar-refractivity contribution is 14.0. The number of rotatable bonds is 7. The van der Waals surface area contributed by atoms with Crippen molar-refractivity contribution in [3.05, 3.63) is 24.3 Å². The third-order valence-corrected chi connectivity index (χ3v) is 5.62. The van der Waals surface area contributed by atoms with E-state index in [1.54, 1.807) is 14.1 Å². The second kappa shape index (κ2) is 9.73. The number of aliphatic imine (C=N–C) groups is 1. The molecule has 3 amide bonds. The van der Waals surface area contributed by atoms with Crippen LogP contribution in [0.4, 0.5) is 0 Å². The predicted octanol–water partition coefficient (Wildman–Crippen LogP) is 0.611. The Morgan fingerprint density at radius 2 is 1.79 bits per heavy atom. The first kappa shape index (κ1) is 23.4. The summed E-state index contributed by atoms with van der Waals surface area (Å²) in [6, 6.07) is 0. The van der Waals surface area contributed by atoms with E-state index in [9.17, 15) is 14.4 Å². The minimum atomic E-state index is -0.171. The average Bonchev–Trinajstić information content (AvgIpc) is 3.32. The molecule has 1 saturated carbocycles. The molecule has 1 saturated heterocycles. The fourth-order valence-corrected chi connectivity index (χ4v) is 4.17. The minimum absolute atomic E-state index is 0. The molecule has 1 aliphatic heterocycles. The summed E-state index contributed by atoms with van der Waals surface area (Å²) < 4.78 is 0. The summed E-state index contributed by atoms with van der Waals surface area (Å²) in [6.07, 6.45) is 5.11. The molecule has 2 N–H and O–H groups in total. The van der Waals surface area contributed by atoms with Crippen LogP contribution in [-0.4, -0.2) is 73.8 Å². The van der Waals surface area contributed by atoms with Crippen LogP contribution in [0.25, 0.3) is 0 Å². The number of fused-ring (bicyclic) bond motifs is 5. The molecule has 3 rings (SSSR count). The minimum Gasteiger partial charge on any atom is -0.355 e. The van der Waals surface area contributed by atoms with Gasteiger partial charge in [0, 0.05) is 33.7 Å². The van der Waals surface area contributed by atoms with Gasteiger partial charge >= 0.3 is 0 Å². The number of allylic oxidation sites excluding steroid dienone is 2. The molecule has 2 fully saturated rings. The highest BCUT2D eigenvalue weighted by Gasteiger charge is 2.58. The van der Waals surface area contributed by atoms with Crippen molar-refractivity contribution in [3.63, 3.8) is 0 Å². The van der Waals surface area contributed by atoms with Crippen LogP contribution >= 0.6 is 24.0 Å². The number of likely N-dealkylation sites (N-methyl/N-ethyl adjacent to an activating group) is 1. The number of amides is 3. The Morgan fingerprint density at radius 3 is 2.31 bits per heavy atom. The Morgan fingerprint density at radius 1 is 1.21 bits per heavy atom. The monoisotopic (exact) mass is 515 g/mol. The van der Waals surface area contributed by atoms with Crippen molar-refractivity contribution in [2.75, 3.05) is 40.3 Å². The fourth-order valence-electron chi connectivity index (χ4n) is 4.17. The van der Waals surface area contributed by atoms with E-state index in [2.05, 4.69) is 34.4 Å². The highest BCUT2D eigenvalue weighted by atomic mass is 127. The summed E-state index contributed by atoms with van der Waals surface area (Å²) in [5.74, 6) is 0.336. The summed E-state index contributed by atoms with van der Waals surface area (Å²) >= 11 is 0. The molecule has 3 aliphatic rings. The molecule has 0 aromatic rings. The van der Waals surface area contributed by atoms with Gasteiger partial charge in [0.05, 0.1) is 11.8 Å². The lowest BCUT2D eigenvalue weighted by molar-refractivity contribution is -0.140. The van der Waals surface area contributed by atoms with E-state index in [-0.39, 0.29) is 71.9 Å². The van der Waals surface area contributed by atoms with E-state index in [0.29, 0.717) is 25.6 Å². The molecule has 2 bridgehead atoms. The van der Waals surface area contributed by atoms with Crippen LogP contribution in [0, 0.1) is 23.7 Å². The van der Waals surface area contributed by atoms with Crippen molar-refractivity contribution in [2.24, 2.45) is 28.7 Å². The van der Waals surface area contributed by atoms with Crippen LogP contribution in [0.5, 0.6) is 0 Å². The maximum atomic E-state index is 12.7. The normalized spacial score (nSPS) is 27.0. The number of hydrogen-bond donors (Lipinski definition) is 2. The molecule has 0 spiro atoms. The van der Waals surface area contributed by atoms with Crippen LogP contribution in [0.2, 0.25) is 0 Å². The first-order valence-corrected chi connectivity index (χ1v) is 9.70. The van der Waals surface area contributed by atoms with Gasteiger partial charge in [-0.05, 0) is 25.2 Å². The van der Waals surface area contributed by atoms with Gasteiger partial charge in [-0.1, -0.05) is 24.3 Å². The Balaban J connectivity index is 0.00000300. The van der Waals surface area contributed by atoms with Crippen LogP contribution < -0.4 is 10.6 Å². The summed E-state index contributed by atoms with van der Waals surface area (Å²) in [6.45, 7) is 6.92. The summed E-state index contributed by atoms with van der Waals surface area (Å²) in [5.41, 5.74) is 0.925. The van der Waals surface area contributed by atoms with Crippen molar-refractivity contribution in [1.82, 2.24) is 20.4 Å². The largest absolute Gasteiger partial charge is 0.355 e. The van der Waals surface area contributed by atoms with E-state index >= 15 is 0 Å². The standard InChI is InChI=1S/C20H29N5O3.HI/c1-12(2)10-22-20(23-11-15(26)24(3)4)21-7-8-25-18(27)16-13-5-6-14(9-13)17(16)19(25)28;/h5-6,13-14,16-17H,1,7-11H2,2-4H3,(H2,21,22,23);1H. The number of imide groups is 1. The third kappa shape index (κ3) is 4.99. The maximum absolute atomic E-state index is 12.7. The highest BCUT2D eigenvalue weighted by Crippen LogP contribution is 2.52. The van der Waals surface area contributed by atoms with Gasteiger partial charge in [-0.15, -0.1) is 24.0 Å². The molecule has 0 aromatic carbocycles. The number of nitrogens with one attached hydrogen (secondary N) is 2. The third-order valence-electron chi connectivity index (χ3n) is 5.62. The first-order valence-electron chi connectivity index (χ1n) is 9.70. The van der Waals surface area contributed by atoms with E-state index in [1.165, 1.54) is 9.80 Å². The lowest BCUT2D eigenvalue weighted by Gasteiger charge is -2.19. The molecule has 4 atom stereocenters. The number of nitrogens with zero attached hydrogens (tertiary/aromatic N) is 3. The van der Waals surface area contributed by atoms with E-state index in [4.69, 9.17) is 0 Å². The van der Waals surface area contributed by atoms with Crippen LogP contribution in [0.1, 0.15) is 13.3 Å². The van der Waals surface area contributed by atoms with Crippen molar-refractivity contribution in [3.8, 4) is 0 Å². The van der Waals surface area contributed by atoms with Crippen molar-refractivity contribution in [1.29, 1.82) is 0 Å². The number of likely N-dealkylation sites (tertiary alicyclic amines) is 1. The number of carbonyl (C=O) groups is 3. The van der Waals surface area contributed by atoms with E-state index < -0.39 is 0 Å². The first-order chi connectivity index (χ1) is 13.3. The SMILES string of the molecule is C=C(C)CNC(=NCC(=O)N(C)C)NCCN1C(=O)C2C3C=CC(C3)C2C1=O.I. The number of halogens is 1. The van der Waals surface area contributed by atoms with Crippen molar-refractivity contribution < 1.29 is 14.4 Å². The topological polar surface area (TPSA) is 94.1 Å². The zero-order valence-electron chi connectivity index (χ0n) is 17.2. The summed E-state index contributed by atoms with van der Waals surface area (Å²) in [4.78, 5) is 44.3. The van der Waals surface area contributed by atoms with E-state index in [1.807, 2.05) is 6.92 Å². The number of guanidine groups is 1. The van der Waals surface area contributed by atoms with Gasteiger partial charge in [0.15, 0.2) is 5.96 Å². The molecule has 2 aliphatic carbocycles.